The third kappa shape index (κ3) is 14.1. The molecule has 1 aliphatic rings. The van der Waals surface area contributed by atoms with Crippen LogP contribution in [0.3, 0.4) is 0 Å². The van der Waals surface area contributed by atoms with Crippen LogP contribution in [0.4, 0.5) is 0 Å². The number of hydrogen-bond donors (Lipinski definition) is 7. The minimum absolute atomic E-state index is 0.135. The van der Waals surface area contributed by atoms with Crippen molar-refractivity contribution in [2.45, 2.75) is 95.5 Å². The van der Waals surface area contributed by atoms with Crippen LogP contribution in [-0.2, 0) is 19.2 Å². The van der Waals surface area contributed by atoms with E-state index in [0.717, 1.165) is 25.3 Å². The number of unbranched alkanes of at least 4 members (excludes halogenated alkanes) is 5. The van der Waals surface area contributed by atoms with Gasteiger partial charge in [0.25, 0.3) is 0 Å². The monoisotopic (exact) mass is 536 g/mol. The molecule has 7 N–H and O–H groups in total. The van der Waals surface area contributed by atoms with Gasteiger partial charge in [-0.1, -0.05) is 56.9 Å². The molecule has 0 aliphatic carbocycles. The van der Waals surface area contributed by atoms with Gasteiger partial charge in [-0.15, -0.1) is 0 Å². The summed E-state index contributed by atoms with van der Waals surface area (Å²) in [5.41, 5.74) is 0. The summed E-state index contributed by atoms with van der Waals surface area (Å²) in [6.45, 7) is 3.14. The molecule has 0 unspecified atom stereocenters. The Kier molecular flexibility index (Phi) is 16.6. The van der Waals surface area contributed by atoms with Crippen molar-refractivity contribution in [3.63, 3.8) is 0 Å². The first-order chi connectivity index (χ1) is 18.2. The lowest BCUT2D eigenvalue weighted by molar-refractivity contribution is -0.134. The van der Waals surface area contributed by atoms with Crippen molar-refractivity contribution in [3.8, 4) is 0 Å². The topological polar surface area (TPSA) is 177 Å². The summed E-state index contributed by atoms with van der Waals surface area (Å²) in [4.78, 5) is 49.8. The molecule has 11 heteroatoms. The maximum Gasteiger partial charge on any atom is 0.245 e. The van der Waals surface area contributed by atoms with E-state index in [1.807, 2.05) is 6.08 Å². The van der Waals surface area contributed by atoms with Crippen LogP contribution in [0.2, 0.25) is 0 Å². The standard InChI is InChI=1S/C27H44N4O7/c1-3-4-5-6-7-8-9-10-11-12-24(36)31-25(19(2)33)27(38)30-22-17-21(34)15-16-28-23(35)14-13-20(18-32)29-26(22)37/h9-14,19-22,25,32-34H,3-8,15-18H2,1-2H3,(H,28,35)(H,29,37)(H,30,38)(H,31,36)/b10-9+,12-11+,14-13-/t19-,20-,21+,22+,25+/m1/s1. The SMILES string of the molecule is CCCCCCC/C=C/C=C/C(=O)N[C@H](C(=O)N[C@H]1C[C@@H](O)CCNC(=O)/C=C\[C@H](CO)NC1=O)[C@@H](C)O. The summed E-state index contributed by atoms with van der Waals surface area (Å²) >= 11 is 0. The van der Waals surface area contributed by atoms with Crippen molar-refractivity contribution in [2.24, 2.45) is 0 Å². The van der Waals surface area contributed by atoms with E-state index in [2.05, 4.69) is 28.2 Å². The molecule has 1 heterocycles. The molecule has 0 saturated heterocycles. The molecule has 0 aromatic heterocycles. The molecule has 0 saturated carbocycles. The van der Waals surface area contributed by atoms with E-state index in [1.54, 1.807) is 12.2 Å². The van der Waals surface area contributed by atoms with E-state index in [0.29, 0.717) is 0 Å². The van der Waals surface area contributed by atoms with Gasteiger partial charge in [-0.05, 0) is 26.2 Å². The largest absolute Gasteiger partial charge is 0.394 e. The maximum atomic E-state index is 12.9. The average molecular weight is 537 g/mol. The molecule has 0 fully saturated rings. The Balaban J connectivity index is 2.77. The Labute approximate surface area is 224 Å². The third-order valence-corrected chi connectivity index (χ3v) is 5.95. The molecule has 0 bridgehead atoms. The molecule has 4 amide bonds. The van der Waals surface area contributed by atoms with Gasteiger partial charge in [-0.25, -0.2) is 0 Å². The molecule has 214 valence electrons. The minimum Gasteiger partial charge on any atom is -0.394 e. The van der Waals surface area contributed by atoms with Gasteiger partial charge in [0.15, 0.2) is 0 Å². The van der Waals surface area contributed by atoms with Crippen LogP contribution in [0, 0.1) is 0 Å². The highest BCUT2D eigenvalue weighted by Gasteiger charge is 2.31. The number of amides is 4. The van der Waals surface area contributed by atoms with Crippen LogP contribution in [0.25, 0.3) is 0 Å². The molecule has 0 radical (unpaired) electrons. The summed E-state index contributed by atoms with van der Waals surface area (Å²) in [6.07, 6.45) is 13.4. The van der Waals surface area contributed by atoms with Crippen LogP contribution in [0.5, 0.6) is 0 Å². The Morgan fingerprint density at radius 1 is 1.18 bits per heavy atom. The van der Waals surface area contributed by atoms with E-state index >= 15 is 0 Å². The van der Waals surface area contributed by atoms with Crippen LogP contribution in [-0.4, -0.2) is 82.4 Å². The summed E-state index contributed by atoms with van der Waals surface area (Å²) in [5.74, 6) is -2.54. The van der Waals surface area contributed by atoms with Gasteiger partial charge in [0.2, 0.25) is 23.6 Å². The normalized spacial score (nSPS) is 23.6. The fraction of sp³-hybridized carbons (Fsp3) is 0.630. The molecule has 38 heavy (non-hydrogen) atoms. The first-order valence-electron chi connectivity index (χ1n) is 13.3. The zero-order valence-corrected chi connectivity index (χ0v) is 22.4. The first kappa shape index (κ1) is 33.0. The number of hydrogen-bond acceptors (Lipinski definition) is 7. The van der Waals surface area contributed by atoms with Gasteiger partial charge in [-0.2, -0.15) is 0 Å². The van der Waals surface area contributed by atoms with E-state index in [1.165, 1.54) is 38.3 Å². The summed E-state index contributed by atoms with van der Waals surface area (Å²) in [7, 11) is 0. The van der Waals surface area contributed by atoms with E-state index < -0.39 is 60.6 Å². The van der Waals surface area contributed by atoms with Crippen LogP contribution >= 0.6 is 0 Å². The molecule has 1 aliphatic heterocycles. The second-order valence-electron chi connectivity index (χ2n) is 9.40. The highest BCUT2D eigenvalue weighted by molar-refractivity contribution is 5.95. The molecule has 0 aromatic carbocycles. The molecule has 11 nitrogen and oxygen atoms in total. The zero-order chi connectivity index (χ0) is 28.3. The average Bonchev–Trinajstić information content (AvgIpc) is 2.87. The van der Waals surface area contributed by atoms with E-state index in [-0.39, 0.29) is 19.4 Å². The van der Waals surface area contributed by atoms with Gasteiger partial charge < -0.3 is 36.6 Å². The minimum atomic E-state index is -1.35. The van der Waals surface area contributed by atoms with Gasteiger partial charge in [0.1, 0.15) is 12.1 Å². The summed E-state index contributed by atoms with van der Waals surface area (Å²) in [6, 6.07) is -3.47. The van der Waals surface area contributed by atoms with Crippen molar-refractivity contribution in [2.75, 3.05) is 13.2 Å². The maximum absolute atomic E-state index is 12.9. The molecular weight excluding hydrogens is 492 g/mol. The van der Waals surface area contributed by atoms with Crippen molar-refractivity contribution in [3.05, 3.63) is 36.5 Å². The van der Waals surface area contributed by atoms with Crippen molar-refractivity contribution >= 4 is 23.6 Å². The molecule has 1 rings (SSSR count). The molecular formula is C27H44N4O7. The van der Waals surface area contributed by atoms with Crippen LogP contribution < -0.4 is 21.3 Å². The van der Waals surface area contributed by atoms with Crippen LogP contribution in [0.15, 0.2) is 36.5 Å². The summed E-state index contributed by atoms with van der Waals surface area (Å²) in [5, 5.41) is 39.9. The van der Waals surface area contributed by atoms with Gasteiger partial charge >= 0.3 is 0 Å². The summed E-state index contributed by atoms with van der Waals surface area (Å²) < 4.78 is 0. The second kappa shape index (κ2) is 19.1. The lowest BCUT2D eigenvalue weighted by atomic mass is 10.0. The molecule has 0 aromatic rings. The lowest BCUT2D eigenvalue weighted by Crippen LogP contribution is -2.58. The second-order valence-corrected chi connectivity index (χ2v) is 9.40. The number of nitrogens with one attached hydrogen (secondary N) is 4. The number of carbonyl (C=O) groups excluding carboxylic acids is 4. The number of aliphatic hydroxyl groups is 3. The smallest absolute Gasteiger partial charge is 0.245 e. The Hall–Kier alpha value is -3.02. The fourth-order valence-corrected chi connectivity index (χ4v) is 3.74. The predicted molar refractivity (Wildman–Crippen MR) is 144 cm³/mol. The highest BCUT2D eigenvalue weighted by Crippen LogP contribution is 2.07. The highest BCUT2D eigenvalue weighted by atomic mass is 16.3. The Morgan fingerprint density at radius 3 is 2.61 bits per heavy atom. The molecule has 0 spiro atoms. The quantitative estimate of drug-likeness (QED) is 0.0992. The molecule has 5 atom stereocenters. The van der Waals surface area contributed by atoms with Crippen LogP contribution in [0.1, 0.15) is 65.2 Å². The number of rotatable bonds is 13. The van der Waals surface area contributed by atoms with Gasteiger partial charge in [-0.3, -0.25) is 19.2 Å². The number of allylic oxidation sites excluding steroid dienone is 3. The third-order valence-electron chi connectivity index (χ3n) is 5.95. The Morgan fingerprint density at radius 2 is 1.92 bits per heavy atom. The van der Waals surface area contributed by atoms with E-state index in [9.17, 15) is 34.5 Å². The lowest BCUT2D eigenvalue weighted by Gasteiger charge is -2.27. The predicted octanol–water partition coefficient (Wildman–Crippen LogP) is 0.114. The van der Waals surface area contributed by atoms with Gasteiger partial charge in [0.05, 0.1) is 24.9 Å². The Bertz CT molecular complexity index is 841. The van der Waals surface area contributed by atoms with Gasteiger partial charge in [0, 0.05) is 25.1 Å². The van der Waals surface area contributed by atoms with E-state index in [4.69, 9.17) is 0 Å². The van der Waals surface area contributed by atoms with Crippen molar-refractivity contribution < 1.29 is 34.5 Å². The zero-order valence-electron chi connectivity index (χ0n) is 22.4. The van der Waals surface area contributed by atoms with Crippen molar-refractivity contribution in [1.82, 2.24) is 21.3 Å². The fourth-order valence-electron chi connectivity index (χ4n) is 3.74. The number of aliphatic hydroxyl groups excluding tert-OH is 3. The first-order valence-corrected chi connectivity index (χ1v) is 13.3. The number of carbonyl (C=O) groups is 4. The van der Waals surface area contributed by atoms with Crippen molar-refractivity contribution in [1.29, 1.82) is 0 Å².